The minimum Gasteiger partial charge on any atom is -0.456 e. The summed E-state index contributed by atoms with van der Waals surface area (Å²) in [5, 5.41) is 6.69. The Hall–Kier alpha value is -7.62. The van der Waals surface area contributed by atoms with Gasteiger partial charge in [0.2, 0.25) is 0 Å². The summed E-state index contributed by atoms with van der Waals surface area (Å²) in [6, 6.07) is 41.9. The summed E-state index contributed by atoms with van der Waals surface area (Å²) >= 11 is 0. The predicted octanol–water partition coefficient (Wildman–Crippen LogP) is 18.2. The van der Waals surface area contributed by atoms with Crippen molar-refractivity contribution in [2.24, 2.45) is 5.41 Å². The first-order valence-electron chi connectivity index (χ1n) is 27.8. The summed E-state index contributed by atoms with van der Waals surface area (Å²) in [6.07, 6.45) is 27.5. The number of rotatable bonds is 7. The van der Waals surface area contributed by atoms with Crippen molar-refractivity contribution in [3.05, 3.63) is 254 Å². The van der Waals surface area contributed by atoms with E-state index in [9.17, 15) is 0 Å². The topological polar surface area (TPSA) is 19.6 Å². The van der Waals surface area contributed by atoms with Gasteiger partial charge in [0.05, 0.1) is 6.04 Å². The summed E-state index contributed by atoms with van der Waals surface area (Å²) in [6.45, 7) is 22.6. The highest BCUT2D eigenvalue weighted by atomic mass is 16.3. The quantitative estimate of drug-likeness (QED) is 0.148. The van der Waals surface area contributed by atoms with Crippen LogP contribution >= 0.6 is 0 Å². The van der Waals surface area contributed by atoms with Crippen LogP contribution in [0.1, 0.15) is 118 Å². The second-order valence-corrected chi connectivity index (χ2v) is 23.7. The van der Waals surface area contributed by atoms with Crippen LogP contribution in [-0.4, -0.2) is 19.1 Å². The molecule has 0 saturated carbocycles. The van der Waals surface area contributed by atoms with Crippen LogP contribution in [0.4, 0.5) is 11.4 Å². The molecule has 0 fully saturated rings. The van der Waals surface area contributed by atoms with Gasteiger partial charge >= 0.3 is 0 Å². The fraction of sp³-hybridized carbons (Fsp3) is 0.247. The number of benzene rings is 7. The number of para-hydroxylation sites is 1. The molecule has 7 aromatic carbocycles. The maximum absolute atomic E-state index is 6.49. The van der Waals surface area contributed by atoms with E-state index in [4.69, 9.17) is 4.42 Å². The van der Waals surface area contributed by atoms with Gasteiger partial charge in [0.1, 0.15) is 11.3 Å². The molecule has 3 heteroatoms. The van der Waals surface area contributed by atoms with Gasteiger partial charge < -0.3 is 14.2 Å². The van der Waals surface area contributed by atoms with Crippen molar-refractivity contribution in [2.45, 2.75) is 99.0 Å². The van der Waals surface area contributed by atoms with Crippen molar-refractivity contribution >= 4 is 66.7 Å². The van der Waals surface area contributed by atoms with Gasteiger partial charge in [0.15, 0.2) is 0 Å². The van der Waals surface area contributed by atoms with Gasteiger partial charge in [-0.2, -0.15) is 0 Å². The normalized spacial score (nSPS) is 22.4. The monoisotopic (exact) mass is 988 g/mol. The van der Waals surface area contributed by atoms with Gasteiger partial charge in [-0.1, -0.05) is 139 Å². The van der Waals surface area contributed by atoms with E-state index in [1.54, 1.807) is 0 Å². The second kappa shape index (κ2) is 17.2. The predicted molar refractivity (Wildman–Crippen MR) is 322 cm³/mol. The highest BCUT2D eigenvalue weighted by molar-refractivity contribution is 6.13. The van der Waals surface area contributed by atoms with Crippen molar-refractivity contribution in [1.29, 1.82) is 0 Å². The van der Waals surface area contributed by atoms with Gasteiger partial charge in [-0.3, -0.25) is 0 Å². The number of aryl methyl sites for hydroxylation is 6. The molecule has 1 aromatic heterocycles. The molecule has 4 unspecified atom stereocenters. The first-order valence-corrected chi connectivity index (χ1v) is 27.8. The molecule has 2 aliphatic heterocycles. The SMILES string of the molecule is CC1=C(/C=C(\C)c2ccc3c(c2)C2(C)C=C(c4c(C)cc(C)cc4C)C=CC2N3CC2CC=Cc3oc4ccccc4c32)C2(C=C(c3c(C)cc(C)cc3C)C=CC2)CN1c1ccc2c3c(c4ccccc4c2c1)[CH]C3. The number of allylic oxidation sites excluding steroid dienone is 9. The molecule has 1 radical (unpaired) electrons. The highest BCUT2D eigenvalue weighted by Crippen LogP contribution is 2.55. The number of hydrogen-bond donors (Lipinski definition) is 0. The lowest BCUT2D eigenvalue weighted by Gasteiger charge is -2.38. The number of furan rings is 1. The van der Waals surface area contributed by atoms with Crippen molar-refractivity contribution in [3.8, 4) is 0 Å². The molecule has 0 saturated heterocycles. The summed E-state index contributed by atoms with van der Waals surface area (Å²) < 4.78 is 6.49. The van der Waals surface area contributed by atoms with Crippen LogP contribution in [0.2, 0.25) is 0 Å². The van der Waals surface area contributed by atoms with Gasteiger partial charge in [0.25, 0.3) is 0 Å². The zero-order valence-electron chi connectivity index (χ0n) is 45.7. The van der Waals surface area contributed by atoms with E-state index in [2.05, 4.69) is 242 Å². The Morgan fingerprint density at radius 2 is 1.38 bits per heavy atom. The lowest BCUT2D eigenvalue weighted by Crippen LogP contribution is -2.43. The van der Waals surface area contributed by atoms with Crippen LogP contribution < -0.4 is 9.80 Å². The molecule has 0 bridgehead atoms. The maximum atomic E-state index is 6.49. The van der Waals surface area contributed by atoms with E-state index in [0.717, 1.165) is 43.7 Å². The smallest absolute Gasteiger partial charge is 0.135 e. The van der Waals surface area contributed by atoms with E-state index in [-0.39, 0.29) is 16.9 Å². The Kier molecular flexibility index (Phi) is 10.6. The number of hydrogen-bond acceptors (Lipinski definition) is 3. The zero-order chi connectivity index (χ0) is 51.9. The van der Waals surface area contributed by atoms with Crippen molar-refractivity contribution in [3.63, 3.8) is 0 Å². The molecule has 3 nitrogen and oxygen atoms in total. The van der Waals surface area contributed by atoms with Crippen LogP contribution in [0.15, 0.2) is 173 Å². The number of anilines is 2. The molecule has 1 spiro atoms. The Bertz CT molecular complexity index is 4030. The minimum absolute atomic E-state index is 0.154. The Morgan fingerprint density at radius 3 is 2.11 bits per heavy atom. The Labute approximate surface area is 449 Å². The summed E-state index contributed by atoms with van der Waals surface area (Å²) in [5.74, 6) is 1.30. The maximum Gasteiger partial charge on any atom is 0.135 e. The highest BCUT2D eigenvalue weighted by Gasteiger charge is 2.48. The molecule has 4 aliphatic carbocycles. The fourth-order valence-electron chi connectivity index (χ4n) is 15.3. The number of nitrogens with zero attached hydrogens (tertiary/aromatic N) is 2. The van der Waals surface area contributed by atoms with Crippen molar-refractivity contribution < 1.29 is 4.42 Å². The van der Waals surface area contributed by atoms with E-state index >= 15 is 0 Å². The third-order valence-electron chi connectivity index (χ3n) is 18.6. The summed E-state index contributed by atoms with van der Waals surface area (Å²) in [4.78, 5) is 5.37. The van der Waals surface area contributed by atoms with Crippen LogP contribution in [0.3, 0.4) is 0 Å². The summed E-state index contributed by atoms with van der Waals surface area (Å²) in [7, 11) is 0. The molecule has 4 atom stereocenters. The van der Waals surface area contributed by atoms with Crippen molar-refractivity contribution in [2.75, 3.05) is 22.9 Å². The van der Waals surface area contributed by atoms with Gasteiger partial charge in [-0.25, -0.2) is 0 Å². The first-order chi connectivity index (χ1) is 36.8. The first kappa shape index (κ1) is 46.9. The molecular weight excluding hydrogens is 921 g/mol. The van der Waals surface area contributed by atoms with E-state index in [1.807, 2.05) is 0 Å². The van der Waals surface area contributed by atoms with Crippen LogP contribution in [-0.2, 0) is 11.8 Å². The standard InChI is InChI=1S/C73H67N2O/c1-43-32-46(4)69(47(5)33-43)52-17-15-31-73(40-52)42-75(55-25-26-60-59-28-27-58(59)56-18-10-11-19-57(56)62(60)38-55)50(8)63(73)36-45(3)51-23-29-65-64(37-51)72(9)39-53(70-48(6)34-44(2)35-49(70)7)24-30-68(72)74(65)41-54-16-14-22-67-71(54)61-20-12-13-21-66(61)76-67/h10-15,17-27,29-30,32-40,54,68H,16,28,31,41-42H2,1-9H3/b45-36+. The molecule has 0 amide bonds. The van der Waals surface area contributed by atoms with Crippen LogP contribution in [0.25, 0.3) is 55.3 Å². The fourth-order valence-corrected chi connectivity index (χ4v) is 15.3. The molecule has 76 heavy (non-hydrogen) atoms. The third kappa shape index (κ3) is 7.07. The molecule has 375 valence electrons. The molecule has 6 aliphatic rings. The summed E-state index contributed by atoms with van der Waals surface area (Å²) in [5.41, 5.74) is 27.3. The minimum atomic E-state index is -0.277. The lowest BCUT2D eigenvalue weighted by atomic mass is 9.71. The average molecular weight is 988 g/mol. The van der Waals surface area contributed by atoms with Crippen molar-refractivity contribution in [1.82, 2.24) is 0 Å². The van der Waals surface area contributed by atoms with Crippen LogP contribution in [0.5, 0.6) is 0 Å². The second-order valence-electron chi connectivity index (χ2n) is 23.7. The lowest BCUT2D eigenvalue weighted by molar-refractivity contribution is 0.503. The van der Waals surface area contributed by atoms with Crippen LogP contribution in [0, 0.1) is 53.4 Å². The molecule has 8 aromatic rings. The zero-order valence-corrected chi connectivity index (χ0v) is 45.7. The largest absolute Gasteiger partial charge is 0.456 e. The molecule has 3 heterocycles. The van der Waals surface area contributed by atoms with E-state index in [0.29, 0.717) is 5.92 Å². The molecule has 14 rings (SSSR count). The Morgan fingerprint density at radius 1 is 0.684 bits per heavy atom. The molecule has 0 N–H and O–H groups in total. The van der Waals surface area contributed by atoms with Gasteiger partial charge in [-0.15, -0.1) is 0 Å². The van der Waals surface area contributed by atoms with E-state index < -0.39 is 0 Å². The Balaban J connectivity index is 0.911. The van der Waals surface area contributed by atoms with E-state index in [1.165, 1.54) is 139 Å². The van der Waals surface area contributed by atoms with Gasteiger partial charge in [0, 0.05) is 57.9 Å². The van der Waals surface area contributed by atoms with Gasteiger partial charge in [-0.05, 0) is 224 Å². The average Bonchev–Trinajstić information content (AvgIpc) is 3.97. The molecular formula is C73H67N2O. The number of fused-ring (bicyclic) bond motifs is 12. The third-order valence-corrected chi connectivity index (χ3v) is 18.6.